The average Bonchev–Trinajstić information content (AvgIpc) is 2.09. The van der Waals surface area contributed by atoms with Crippen LogP contribution in [0.1, 0.15) is 36.3 Å². The largest absolute Gasteiger partial charge is 0.501 e. The van der Waals surface area contributed by atoms with E-state index in [-0.39, 0.29) is 12.3 Å². The number of rotatable bonds is 2. The summed E-state index contributed by atoms with van der Waals surface area (Å²) in [5.74, 6) is 0.935. The Kier molecular flexibility index (Phi) is 2.14. The van der Waals surface area contributed by atoms with Crippen LogP contribution in [0.5, 0.6) is 0 Å². The summed E-state index contributed by atoms with van der Waals surface area (Å²) in [6, 6.07) is 0. The molecule has 0 aliphatic heterocycles. The summed E-state index contributed by atoms with van der Waals surface area (Å²) in [7, 11) is 1.59. The van der Waals surface area contributed by atoms with Gasteiger partial charge in [-0.05, 0) is 24.8 Å². The van der Waals surface area contributed by atoms with Gasteiger partial charge in [0.25, 0.3) is 0 Å². The van der Waals surface area contributed by atoms with Gasteiger partial charge in [-0.3, -0.25) is 0 Å². The molecule has 1 rings (SSSR count). The van der Waals surface area contributed by atoms with E-state index in [2.05, 4.69) is 0 Å². The first-order valence-electron chi connectivity index (χ1n) is 5.45. The average molecular weight is 168 g/mol. The molecule has 0 radical (unpaired) electrons. The molecule has 2 atom stereocenters. The lowest BCUT2D eigenvalue weighted by Gasteiger charge is -2.20. The maximum Gasteiger partial charge on any atom is 0.0993 e. The summed E-state index contributed by atoms with van der Waals surface area (Å²) in [6.45, 7) is 5.96. The lowest BCUT2D eigenvalue weighted by Crippen LogP contribution is -2.05. The molecule has 0 amide bonds. The molecule has 1 aliphatic carbocycles. The smallest absolute Gasteiger partial charge is 0.0993 e. The van der Waals surface area contributed by atoms with Crippen LogP contribution in [0.4, 0.5) is 0 Å². The highest BCUT2D eigenvalue weighted by Gasteiger charge is 2.14. The van der Waals surface area contributed by atoms with Crippen molar-refractivity contribution in [3.05, 3.63) is 23.0 Å². The molecule has 1 aliphatic rings. The Labute approximate surface area is 77.9 Å². The van der Waals surface area contributed by atoms with E-state index in [4.69, 9.17) is 7.48 Å². The van der Waals surface area contributed by atoms with Crippen LogP contribution < -0.4 is 0 Å². The Morgan fingerprint density at radius 1 is 1.58 bits per heavy atom. The second kappa shape index (κ2) is 3.79. The highest BCUT2D eigenvalue weighted by Crippen LogP contribution is 2.29. The normalized spacial score (nSPS) is 32.9. The van der Waals surface area contributed by atoms with Crippen LogP contribution in [0.25, 0.3) is 0 Å². The van der Waals surface area contributed by atoms with Gasteiger partial charge < -0.3 is 4.74 Å². The van der Waals surface area contributed by atoms with Crippen molar-refractivity contribution in [3.8, 4) is 0 Å². The van der Waals surface area contributed by atoms with E-state index in [0.29, 0.717) is 5.76 Å². The molecular weight excluding hydrogens is 148 g/mol. The molecule has 0 saturated heterocycles. The van der Waals surface area contributed by atoms with Crippen molar-refractivity contribution in [2.24, 2.45) is 5.92 Å². The minimum Gasteiger partial charge on any atom is -0.501 e. The summed E-state index contributed by atoms with van der Waals surface area (Å²) >= 11 is 0. The SMILES string of the molecule is [2H]C1C=C(C)C([2H])C(OC)=C1C(C)C. The molecule has 0 N–H and O–H groups in total. The van der Waals surface area contributed by atoms with Crippen molar-refractivity contribution >= 4 is 0 Å². The van der Waals surface area contributed by atoms with E-state index >= 15 is 0 Å². The quantitative estimate of drug-likeness (QED) is 0.575. The molecule has 1 heteroatoms. The summed E-state index contributed by atoms with van der Waals surface area (Å²) in [6.07, 6.45) is 1.08. The number of allylic oxidation sites excluding steroid dienone is 3. The van der Waals surface area contributed by atoms with Crippen LogP contribution in [-0.4, -0.2) is 7.11 Å². The standard InChI is InChI=1S/C11H18O/c1-8(2)10-6-5-9(3)7-11(10)12-4/h5,8H,6-7H2,1-4H3/i6D,7D. The zero-order chi connectivity index (χ0) is 10.9. The van der Waals surface area contributed by atoms with E-state index in [1.807, 2.05) is 26.8 Å². The van der Waals surface area contributed by atoms with Gasteiger partial charge in [-0.15, -0.1) is 0 Å². The van der Waals surface area contributed by atoms with Gasteiger partial charge in [-0.1, -0.05) is 25.5 Å². The van der Waals surface area contributed by atoms with Crippen molar-refractivity contribution in [1.82, 2.24) is 0 Å². The molecule has 0 aromatic rings. The second-order valence-electron chi connectivity index (χ2n) is 3.40. The fourth-order valence-corrected chi connectivity index (χ4v) is 1.30. The Balaban J connectivity index is 3.12. The van der Waals surface area contributed by atoms with E-state index in [9.17, 15) is 0 Å². The highest BCUT2D eigenvalue weighted by atomic mass is 16.5. The molecule has 0 aromatic carbocycles. The van der Waals surface area contributed by atoms with E-state index < -0.39 is 6.40 Å². The van der Waals surface area contributed by atoms with Crippen LogP contribution in [0.2, 0.25) is 0 Å². The maximum absolute atomic E-state index is 7.92. The first-order chi connectivity index (χ1) is 6.49. The first-order valence-corrected chi connectivity index (χ1v) is 4.29. The molecule has 12 heavy (non-hydrogen) atoms. The molecule has 1 nitrogen and oxygen atoms in total. The van der Waals surface area contributed by atoms with Crippen LogP contribution in [0.3, 0.4) is 0 Å². The predicted molar refractivity (Wildman–Crippen MR) is 51.9 cm³/mol. The summed E-state index contributed by atoms with van der Waals surface area (Å²) in [5, 5.41) is 0. The molecule has 0 heterocycles. The Hall–Kier alpha value is -0.720. The van der Waals surface area contributed by atoms with Crippen LogP contribution in [-0.2, 0) is 4.74 Å². The topological polar surface area (TPSA) is 9.23 Å². The van der Waals surface area contributed by atoms with Crippen LogP contribution >= 0.6 is 0 Å². The zero-order valence-electron chi connectivity index (χ0n) is 10.2. The van der Waals surface area contributed by atoms with E-state index in [1.165, 1.54) is 0 Å². The predicted octanol–water partition coefficient (Wildman–Crippen LogP) is 3.28. The molecule has 0 aromatic heterocycles. The van der Waals surface area contributed by atoms with Gasteiger partial charge in [0.15, 0.2) is 0 Å². The van der Waals surface area contributed by atoms with Gasteiger partial charge in [0.05, 0.1) is 12.9 Å². The Morgan fingerprint density at radius 2 is 2.25 bits per heavy atom. The van der Waals surface area contributed by atoms with Crippen molar-refractivity contribution < 1.29 is 7.48 Å². The van der Waals surface area contributed by atoms with Gasteiger partial charge in [-0.2, -0.15) is 0 Å². The minimum absolute atomic E-state index is 0.268. The molecule has 0 saturated carbocycles. The zero-order valence-corrected chi connectivity index (χ0v) is 8.22. The van der Waals surface area contributed by atoms with Crippen molar-refractivity contribution in [1.29, 1.82) is 0 Å². The molecular formula is C11H18O. The summed E-state index contributed by atoms with van der Waals surface area (Å²) < 4.78 is 21.1. The van der Waals surface area contributed by atoms with Crippen molar-refractivity contribution in [3.63, 3.8) is 0 Å². The molecule has 68 valence electrons. The van der Waals surface area contributed by atoms with Gasteiger partial charge in [-0.25, -0.2) is 0 Å². The van der Waals surface area contributed by atoms with Crippen LogP contribution in [0.15, 0.2) is 23.0 Å². The summed E-state index contributed by atoms with van der Waals surface area (Å²) in [5.41, 5.74) is 1.85. The third kappa shape index (κ3) is 1.90. The Bertz CT molecular complexity index is 279. The van der Waals surface area contributed by atoms with Crippen molar-refractivity contribution in [2.45, 2.75) is 33.6 Å². The third-order valence-corrected chi connectivity index (χ3v) is 2.01. The van der Waals surface area contributed by atoms with Gasteiger partial charge in [0, 0.05) is 9.14 Å². The number of ether oxygens (including phenoxy) is 1. The second-order valence-corrected chi connectivity index (χ2v) is 3.40. The highest BCUT2D eigenvalue weighted by molar-refractivity contribution is 5.25. The molecule has 0 bridgehead atoms. The molecule has 2 unspecified atom stereocenters. The van der Waals surface area contributed by atoms with Gasteiger partial charge >= 0.3 is 0 Å². The fourth-order valence-electron chi connectivity index (χ4n) is 1.30. The van der Waals surface area contributed by atoms with Gasteiger partial charge in [0.1, 0.15) is 0 Å². The number of hydrogen-bond acceptors (Lipinski definition) is 1. The summed E-state index contributed by atoms with van der Waals surface area (Å²) in [4.78, 5) is 0. The monoisotopic (exact) mass is 168 g/mol. The van der Waals surface area contributed by atoms with Crippen LogP contribution in [0, 0.1) is 5.92 Å². The van der Waals surface area contributed by atoms with Crippen molar-refractivity contribution in [2.75, 3.05) is 7.11 Å². The lowest BCUT2D eigenvalue weighted by molar-refractivity contribution is 0.271. The first kappa shape index (κ1) is 6.76. The van der Waals surface area contributed by atoms with E-state index in [1.54, 1.807) is 7.11 Å². The fraction of sp³-hybridized carbons (Fsp3) is 0.636. The third-order valence-electron chi connectivity index (χ3n) is 2.01. The number of hydrogen-bond donors (Lipinski definition) is 0. The molecule has 0 spiro atoms. The van der Waals surface area contributed by atoms with E-state index in [0.717, 1.165) is 11.1 Å². The maximum atomic E-state index is 7.92. The molecule has 0 fully saturated rings. The van der Waals surface area contributed by atoms with Gasteiger partial charge in [0.2, 0.25) is 0 Å². The lowest BCUT2D eigenvalue weighted by atomic mass is 9.91. The number of methoxy groups -OCH3 is 1. The minimum atomic E-state index is -0.418. The Morgan fingerprint density at radius 3 is 2.75 bits per heavy atom.